The van der Waals surface area contributed by atoms with Gasteiger partial charge in [-0.3, -0.25) is 9.59 Å². The van der Waals surface area contributed by atoms with E-state index in [1.54, 1.807) is 0 Å². The third-order valence-electron chi connectivity index (χ3n) is 14.9. The molecule has 0 saturated carbocycles. The van der Waals surface area contributed by atoms with Gasteiger partial charge in [-0.15, -0.1) is 0 Å². The molecule has 2 unspecified atom stereocenters. The highest BCUT2D eigenvalue weighted by molar-refractivity contribution is 5.76. The average molecular weight is 1010 g/mol. The summed E-state index contributed by atoms with van der Waals surface area (Å²) in [6.07, 6.45) is 77.5. The molecule has 6 heteroatoms. The number of hydrogen-bond donors (Lipinski definition) is 3. The van der Waals surface area contributed by atoms with Crippen LogP contribution in [-0.2, 0) is 14.3 Å². The van der Waals surface area contributed by atoms with Gasteiger partial charge in [-0.25, -0.2) is 0 Å². The molecule has 0 saturated heterocycles. The molecular formula is C66H125NO5. The van der Waals surface area contributed by atoms with Crippen LogP contribution in [0.4, 0.5) is 0 Å². The maximum absolute atomic E-state index is 12.5. The Kier molecular flexibility index (Phi) is 60.0. The van der Waals surface area contributed by atoms with E-state index in [0.29, 0.717) is 25.9 Å². The van der Waals surface area contributed by atoms with Crippen molar-refractivity contribution in [1.29, 1.82) is 0 Å². The lowest BCUT2D eigenvalue weighted by Gasteiger charge is -2.22. The van der Waals surface area contributed by atoms with Gasteiger partial charge in [0, 0.05) is 12.8 Å². The van der Waals surface area contributed by atoms with Gasteiger partial charge >= 0.3 is 5.97 Å². The number of unbranched alkanes of at least 4 members (excludes halogenated alkanes) is 43. The normalized spacial score (nSPS) is 12.8. The van der Waals surface area contributed by atoms with E-state index in [4.69, 9.17) is 4.74 Å². The zero-order valence-electron chi connectivity index (χ0n) is 48.4. The van der Waals surface area contributed by atoms with Gasteiger partial charge in [-0.1, -0.05) is 301 Å². The molecule has 2 atom stereocenters. The molecule has 0 radical (unpaired) electrons. The van der Waals surface area contributed by atoms with Crippen molar-refractivity contribution in [3.8, 4) is 0 Å². The molecule has 0 fully saturated rings. The van der Waals surface area contributed by atoms with E-state index in [2.05, 4.69) is 55.6 Å². The zero-order chi connectivity index (χ0) is 52.2. The molecule has 0 aliphatic rings. The topological polar surface area (TPSA) is 95.9 Å². The summed E-state index contributed by atoms with van der Waals surface area (Å²) >= 11 is 0. The summed E-state index contributed by atoms with van der Waals surface area (Å²) in [6, 6.07) is -0.547. The highest BCUT2D eigenvalue weighted by atomic mass is 16.5. The summed E-state index contributed by atoms with van der Waals surface area (Å²) in [5.41, 5.74) is 0. The van der Waals surface area contributed by atoms with Gasteiger partial charge in [0.1, 0.15) is 0 Å². The number of hydrogen-bond acceptors (Lipinski definition) is 5. The number of esters is 1. The Labute approximate surface area is 449 Å². The van der Waals surface area contributed by atoms with Crippen LogP contribution in [0.1, 0.15) is 348 Å². The fourth-order valence-electron chi connectivity index (χ4n) is 10.0. The fraction of sp³-hybridized carbons (Fsp3) is 0.879. The van der Waals surface area contributed by atoms with Crippen LogP contribution in [0.2, 0.25) is 0 Å². The summed E-state index contributed by atoms with van der Waals surface area (Å²) in [7, 11) is 0. The number of aliphatic hydroxyl groups excluding tert-OH is 2. The molecule has 0 aromatic carbocycles. The fourth-order valence-corrected chi connectivity index (χ4v) is 10.0. The zero-order valence-corrected chi connectivity index (χ0v) is 48.4. The predicted octanol–water partition coefficient (Wildman–Crippen LogP) is 20.4. The third-order valence-corrected chi connectivity index (χ3v) is 14.9. The molecule has 0 aromatic heterocycles. The standard InChI is InChI=1S/C66H125NO5/c1-3-5-7-9-11-13-15-17-18-19-20-22-25-28-31-35-38-42-46-50-54-58-64(69)63(62-68)67-65(70)59-55-51-47-43-39-36-32-29-26-23-21-24-27-30-33-37-41-45-49-53-57-61-72-66(71)60-56-52-48-44-40-34-16-14-12-10-8-6-4-2/h14,16,37,41,49,53,63-64,68-69H,3-13,15,17-36,38-40,42-48,50-52,54-62H2,1-2H3,(H,67,70)/b16-14-,41-37-,53-49-. The smallest absolute Gasteiger partial charge is 0.305 e. The van der Waals surface area contributed by atoms with Crippen LogP contribution in [0.3, 0.4) is 0 Å². The van der Waals surface area contributed by atoms with Gasteiger partial charge in [-0.05, 0) is 70.6 Å². The Morgan fingerprint density at radius 2 is 0.694 bits per heavy atom. The second kappa shape index (κ2) is 61.6. The van der Waals surface area contributed by atoms with Gasteiger partial charge in [-0.2, -0.15) is 0 Å². The van der Waals surface area contributed by atoms with E-state index in [9.17, 15) is 19.8 Å². The number of rotatable bonds is 60. The number of carbonyl (C=O) groups excluding carboxylic acids is 2. The minimum Gasteiger partial charge on any atom is -0.465 e. The van der Waals surface area contributed by atoms with Crippen LogP contribution in [-0.4, -0.2) is 47.4 Å². The number of allylic oxidation sites excluding steroid dienone is 5. The van der Waals surface area contributed by atoms with Crippen LogP contribution in [0.5, 0.6) is 0 Å². The number of nitrogens with one attached hydrogen (secondary N) is 1. The van der Waals surface area contributed by atoms with Crippen molar-refractivity contribution in [2.75, 3.05) is 13.2 Å². The minimum atomic E-state index is -0.669. The van der Waals surface area contributed by atoms with Crippen LogP contribution in [0.15, 0.2) is 36.5 Å². The lowest BCUT2D eigenvalue weighted by atomic mass is 10.0. The van der Waals surface area contributed by atoms with E-state index >= 15 is 0 Å². The molecule has 1 amide bonds. The van der Waals surface area contributed by atoms with Crippen LogP contribution >= 0.6 is 0 Å². The molecule has 424 valence electrons. The highest BCUT2D eigenvalue weighted by Crippen LogP contribution is 2.18. The Bertz CT molecular complexity index is 1170. The van der Waals surface area contributed by atoms with Gasteiger partial charge in [0.15, 0.2) is 0 Å². The lowest BCUT2D eigenvalue weighted by molar-refractivity contribution is -0.143. The number of amides is 1. The molecule has 0 spiro atoms. The summed E-state index contributed by atoms with van der Waals surface area (Å²) < 4.78 is 5.41. The van der Waals surface area contributed by atoms with Gasteiger partial charge in [0.2, 0.25) is 5.91 Å². The van der Waals surface area contributed by atoms with Crippen LogP contribution in [0.25, 0.3) is 0 Å². The Balaban J connectivity index is 3.46. The second-order valence-corrected chi connectivity index (χ2v) is 22.1. The summed E-state index contributed by atoms with van der Waals surface area (Å²) in [5, 5.41) is 23.4. The van der Waals surface area contributed by atoms with Crippen LogP contribution in [0, 0.1) is 0 Å². The van der Waals surface area contributed by atoms with Crippen molar-refractivity contribution < 1.29 is 24.5 Å². The molecule has 0 heterocycles. The molecule has 0 aliphatic carbocycles. The monoisotopic (exact) mass is 1010 g/mol. The molecule has 6 nitrogen and oxygen atoms in total. The SMILES string of the molecule is CCCCCC/C=C\CCCCCCCC(=O)OCC/C=C\C/C=C\CCCCCCCCCCCCCCCCC(=O)NC(CO)C(O)CCCCCCCCCCCCCCCCCCCCCCC. The molecule has 0 aliphatic heterocycles. The first-order valence-corrected chi connectivity index (χ1v) is 32.2. The summed E-state index contributed by atoms with van der Waals surface area (Å²) in [6.45, 7) is 4.85. The van der Waals surface area contributed by atoms with Crippen molar-refractivity contribution >= 4 is 11.9 Å². The molecular weight excluding hydrogens is 887 g/mol. The first-order valence-electron chi connectivity index (χ1n) is 32.2. The van der Waals surface area contributed by atoms with E-state index < -0.39 is 12.1 Å². The van der Waals surface area contributed by atoms with E-state index in [0.717, 1.165) is 51.4 Å². The Morgan fingerprint density at radius 1 is 0.389 bits per heavy atom. The summed E-state index contributed by atoms with van der Waals surface area (Å²) in [5.74, 6) is -0.0809. The second-order valence-electron chi connectivity index (χ2n) is 22.1. The average Bonchev–Trinajstić information content (AvgIpc) is 3.38. The van der Waals surface area contributed by atoms with E-state index in [1.165, 1.54) is 263 Å². The third kappa shape index (κ3) is 57.4. The molecule has 0 bridgehead atoms. The van der Waals surface area contributed by atoms with E-state index in [-0.39, 0.29) is 18.5 Å². The summed E-state index contributed by atoms with van der Waals surface area (Å²) in [4.78, 5) is 24.5. The minimum absolute atomic E-state index is 0.0368. The molecule has 72 heavy (non-hydrogen) atoms. The Morgan fingerprint density at radius 3 is 1.08 bits per heavy atom. The first-order chi connectivity index (χ1) is 35.5. The van der Waals surface area contributed by atoms with Crippen molar-refractivity contribution in [1.82, 2.24) is 5.32 Å². The lowest BCUT2D eigenvalue weighted by Crippen LogP contribution is -2.45. The number of aliphatic hydroxyl groups is 2. The maximum atomic E-state index is 12.5. The molecule has 0 rings (SSSR count). The maximum Gasteiger partial charge on any atom is 0.305 e. The molecule has 3 N–H and O–H groups in total. The highest BCUT2D eigenvalue weighted by Gasteiger charge is 2.20. The van der Waals surface area contributed by atoms with Crippen molar-refractivity contribution in [3.05, 3.63) is 36.5 Å². The largest absolute Gasteiger partial charge is 0.465 e. The van der Waals surface area contributed by atoms with Crippen molar-refractivity contribution in [3.63, 3.8) is 0 Å². The number of carbonyl (C=O) groups is 2. The van der Waals surface area contributed by atoms with Gasteiger partial charge in [0.25, 0.3) is 0 Å². The van der Waals surface area contributed by atoms with Crippen molar-refractivity contribution in [2.24, 2.45) is 0 Å². The van der Waals surface area contributed by atoms with Crippen LogP contribution < -0.4 is 5.32 Å². The quantitative estimate of drug-likeness (QED) is 0.0320. The first kappa shape index (κ1) is 70.1. The Hall–Kier alpha value is -1.92. The van der Waals surface area contributed by atoms with E-state index in [1.807, 2.05) is 0 Å². The van der Waals surface area contributed by atoms with Gasteiger partial charge in [0.05, 0.1) is 25.4 Å². The van der Waals surface area contributed by atoms with Gasteiger partial charge < -0.3 is 20.3 Å². The number of ether oxygens (including phenoxy) is 1. The molecule has 0 aromatic rings. The van der Waals surface area contributed by atoms with Crippen molar-refractivity contribution in [2.45, 2.75) is 360 Å². The predicted molar refractivity (Wildman–Crippen MR) is 315 cm³/mol.